The summed E-state index contributed by atoms with van der Waals surface area (Å²) in [4.78, 5) is 0. The molecule has 9 aromatic rings. The highest BCUT2D eigenvalue weighted by Crippen LogP contribution is 2.54. The van der Waals surface area contributed by atoms with E-state index < -0.39 is 21.7 Å². The SMILES string of the molecule is Cc1ccc([P+](c2ccccc2)(c2ccccc2)c2ccc(Cc3ccccc3)cc2)cc1.Clc1ccc([O][Al-]([O]c2ccc(Cl)c(Cl)c2Cl)([O]c2ccc(Cl)c(Cl)c2Cl)[O]c2ccc(Cl)c(Cl)c2Cl)c(Cl)c1Cl. The highest BCUT2D eigenvalue weighted by molar-refractivity contribution is 8.01. The first-order valence-electron chi connectivity index (χ1n) is 22.1. The van der Waals surface area contributed by atoms with Crippen molar-refractivity contribution in [3.8, 4) is 23.0 Å². The molecule has 0 aliphatic heterocycles. The largest absolute Gasteiger partial charge is 1.21 e. The van der Waals surface area contributed by atoms with E-state index in [1.165, 1.54) is 86.4 Å². The maximum atomic E-state index is 6.47. The van der Waals surface area contributed by atoms with Gasteiger partial charge in [0.1, 0.15) is 28.5 Å². The Bertz CT molecular complexity index is 3130. The van der Waals surface area contributed by atoms with Crippen LogP contribution in [0.1, 0.15) is 16.7 Å². The molecule has 0 amide bonds. The molecule has 0 aromatic heterocycles. The molecule has 0 radical (unpaired) electrons. The number of halogens is 12. The summed E-state index contributed by atoms with van der Waals surface area (Å²) in [5.74, 6) is -0.242. The quantitative estimate of drug-likeness (QED) is 0.0618. The minimum atomic E-state index is -5.20. The third-order valence-electron chi connectivity index (χ3n) is 11.4. The molecule has 0 aliphatic carbocycles. The summed E-state index contributed by atoms with van der Waals surface area (Å²) in [6.07, 6.45) is 0.952. The van der Waals surface area contributed by atoms with Gasteiger partial charge >= 0.3 is 14.4 Å². The molecule has 0 N–H and O–H groups in total. The summed E-state index contributed by atoms with van der Waals surface area (Å²) in [7, 11) is -2.03. The van der Waals surface area contributed by atoms with E-state index in [1.807, 2.05) is 0 Å². The average molecular weight is 1260 g/mol. The minimum absolute atomic E-state index is 0.0220. The van der Waals surface area contributed by atoms with E-state index in [4.69, 9.17) is 154 Å². The van der Waals surface area contributed by atoms with Gasteiger partial charge in [-0.1, -0.05) is 236 Å². The number of hydrogen-bond acceptors (Lipinski definition) is 4. The first-order chi connectivity index (χ1) is 35.5. The lowest BCUT2D eigenvalue weighted by Gasteiger charge is -2.39. The van der Waals surface area contributed by atoms with E-state index in [9.17, 15) is 0 Å². The van der Waals surface area contributed by atoms with Crippen LogP contribution in [0.15, 0.2) is 188 Å². The van der Waals surface area contributed by atoms with E-state index in [-0.39, 0.29) is 83.3 Å². The molecule has 0 aliphatic rings. The second-order valence-electron chi connectivity index (χ2n) is 16.2. The lowest BCUT2D eigenvalue weighted by molar-refractivity contribution is 0.161. The molecule has 9 rings (SSSR count). The molecule has 0 heterocycles. The van der Waals surface area contributed by atoms with Crippen LogP contribution >= 0.6 is 146 Å². The third-order valence-corrected chi connectivity index (χ3v) is 22.9. The van der Waals surface area contributed by atoms with Crippen LogP contribution < -0.4 is 36.4 Å². The van der Waals surface area contributed by atoms with Crippen LogP contribution in [0.25, 0.3) is 0 Å². The van der Waals surface area contributed by atoms with Crippen molar-refractivity contribution in [1.29, 1.82) is 0 Å². The van der Waals surface area contributed by atoms with Gasteiger partial charge in [-0.05, 0) is 122 Å². The smallest absolute Gasteiger partial charge is 0.696 e. The topological polar surface area (TPSA) is 36.9 Å². The first kappa shape index (κ1) is 56.8. The molecule has 0 atom stereocenters. The van der Waals surface area contributed by atoms with E-state index in [1.54, 1.807) is 0 Å². The Morgan fingerprint density at radius 2 is 0.568 bits per heavy atom. The first-order valence-corrected chi connectivity index (χ1v) is 30.4. The molecular weight excluding hydrogens is 1220 g/mol. The third kappa shape index (κ3) is 12.8. The second kappa shape index (κ2) is 25.4. The lowest BCUT2D eigenvalue weighted by Crippen LogP contribution is -2.60. The molecule has 0 fully saturated rings. The van der Waals surface area contributed by atoms with Gasteiger partial charge in [0.15, 0.2) is 0 Å². The molecule has 0 unspecified atom stereocenters. The van der Waals surface area contributed by atoms with E-state index in [2.05, 4.69) is 146 Å². The molecule has 4 nitrogen and oxygen atoms in total. The fraction of sp³-hybridized carbons (Fsp3) is 0.0357. The fourth-order valence-corrected chi connectivity index (χ4v) is 16.9. The van der Waals surface area contributed by atoms with Gasteiger partial charge in [0, 0.05) is 0 Å². The fourth-order valence-electron chi connectivity index (χ4n) is 7.80. The molecule has 18 heteroatoms. The van der Waals surface area contributed by atoms with Gasteiger partial charge in [-0.25, -0.2) is 0 Å². The van der Waals surface area contributed by atoms with Gasteiger partial charge in [-0.2, -0.15) is 0 Å². The number of hydrogen-bond donors (Lipinski definition) is 0. The van der Waals surface area contributed by atoms with Crippen LogP contribution in [0.2, 0.25) is 60.3 Å². The zero-order valence-corrected chi connectivity index (χ0v) is 49.4. The average Bonchev–Trinajstić information content (AvgIpc) is 3.42. The Morgan fingerprint density at radius 1 is 0.297 bits per heavy atom. The molecular formula is C56H36AlCl12O4P. The molecule has 0 saturated carbocycles. The predicted octanol–water partition coefficient (Wildman–Crippen LogP) is 19.8. The molecule has 9 aromatic carbocycles. The standard InChI is InChI=1S/C32H28P.4C6H3Cl3O.Al/c1-26-17-21-31(22-18-26)33(29-13-7-3-8-14-29,30-15-9-4-10-16-30)32-23-19-28(20-24-32)25-27-11-5-2-6-12-27;4*7-3-1-2-4(10)6(9)5(3)8;/h2-24H,25H2,1H3;4*1-2,10H;/q+1;;;;;+3/p-4. The van der Waals surface area contributed by atoms with E-state index in [0.717, 1.165) is 6.42 Å². The highest BCUT2D eigenvalue weighted by Gasteiger charge is 2.65. The lowest BCUT2D eigenvalue weighted by atomic mass is 10.1. The van der Waals surface area contributed by atoms with Gasteiger partial charge in [-0.15, -0.1) is 0 Å². The van der Waals surface area contributed by atoms with Crippen molar-refractivity contribution >= 4 is 182 Å². The molecule has 0 bridgehead atoms. The van der Waals surface area contributed by atoms with Crippen LogP contribution in [0, 0.1) is 6.92 Å². The highest BCUT2D eigenvalue weighted by atomic mass is 35.5. The summed E-state index contributed by atoms with van der Waals surface area (Å²) in [6, 6.07) is 62.7. The Hall–Kier alpha value is -3.38. The van der Waals surface area contributed by atoms with Crippen molar-refractivity contribution in [2.75, 3.05) is 0 Å². The number of aryl methyl sites for hydroxylation is 1. The van der Waals surface area contributed by atoms with Crippen molar-refractivity contribution in [3.63, 3.8) is 0 Å². The van der Waals surface area contributed by atoms with Crippen LogP contribution in [0.3, 0.4) is 0 Å². The van der Waals surface area contributed by atoms with Gasteiger partial charge in [0.05, 0.1) is 83.3 Å². The Kier molecular flexibility index (Phi) is 19.5. The molecule has 0 spiro atoms. The van der Waals surface area contributed by atoms with Crippen LogP contribution in [-0.2, 0) is 6.42 Å². The Morgan fingerprint density at radius 3 is 0.892 bits per heavy atom. The molecule has 74 heavy (non-hydrogen) atoms. The van der Waals surface area contributed by atoms with Crippen molar-refractivity contribution in [2.24, 2.45) is 0 Å². The summed E-state index contributed by atoms with van der Waals surface area (Å²) in [5, 5.41) is 5.67. The predicted molar refractivity (Wildman–Crippen MR) is 319 cm³/mol. The van der Waals surface area contributed by atoms with Crippen LogP contribution in [-0.4, -0.2) is 14.4 Å². The maximum absolute atomic E-state index is 6.47. The van der Waals surface area contributed by atoms with E-state index in [0.29, 0.717) is 0 Å². The van der Waals surface area contributed by atoms with Crippen LogP contribution in [0.4, 0.5) is 0 Å². The van der Waals surface area contributed by atoms with Crippen LogP contribution in [0.5, 0.6) is 23.0 Å². The van der Waals surface area contributed by atoms with Gasteiger partial charge < -0.3 is 15.2 Å². The summed E-state index contributed by atoms with van der Waals surface area (Å²) in [5.41, 5.74) is 3.97. The summed E-state index contributed by atoms with van der Waals surface area (Å²) < 4.78 is 25.1. The van der Waals surface area contributed by atoms with Crippen molar-refractivity contribution in [3.05, 3.63) is 265 Å². The van der Waals surface area contributed by atoms with Gasteiger partial charge in [0.25, 0.3) is 0 Å². The number of benzene rings is 9. The normalized spacial score (nSPS) is 11.4. The Balaban J connectivity index is 0.000000201. The van der Waals surface area contributed by atoms with E-state index >= 15 is 0 Å². The monoisotopic (exact) mass is 1250 g/mol. The molecule has 376 valence electrons. The summed E-state index contributed by atoms with van der Waals surface area (Å²) >= 11 is 70.3. The minimum Gasteiger partial charge on any atom is -0.696 e. The number of rotatable bonds is 14. The zero-order chi connectivity index (χ0) is 52.7. The van der Waals surface area contributed by atoms with Crippen molar-refractivity contribution in [2.45, 2.75) is 13.3 Å². The van der Waals surface area contributed by atoms with Crippen molar-refractivity contribution < 1.29 is 15.2 Å². The summed E-state index contributed by atoms with van der Waals surface area (Å²) in [6.45, 7) is 2.16. The van der Waals surface area contributed by atoms with Gasteiger partial charge in [-0.3, -0.25) is 0 Å². The van der Waals surface area contributed by atoms with Crippen molar-refractivity contribution in [1.82, 2.24) is 0 Å². The van der Waals surface area contributed by atoms with Gasteiger partial charge in [0.2, 0.25) is 0 Å². The molecule has 0 saturated heterocycles. The second-order valence-corrected chi connectivity index (χ2v) is 26.4. The maximum Gasteiger partial charge on any atom is 1.21 e. The zero-order valence-electron chi connectivity index (χ0n) is 38.3. The Labute approximate surface area is 493 Å².